The molecule has 0 unspecified atom stereocenters. The number of primary amides is 1. The van der Waals surface area contributed by atoms with Gasteiger partial charge in [-0.3, -0.25) is 4.79 Å². The first-order valence-corrected chi connectivity index (χ1v) is 4.62. The average molecular weight is 184 g/mol. The topological polar surface area (TPSA) is 46.3 Å². The number of amides is 1. The molecule has 0 aliphatic heterocycles. The van der Waals surface area contributed by atoms with E-state index < -0.39 is 0 Å². The van der Waals surface area contributed by atoms with Crippen LogP contribution >= 0.6 is 0 Å². The van der Waals surface area contributed by atoms with E-state index in [9.17, 15) is 4.79 Å². The van der Waals surface area contributed by atoms with E-state index in [1.807, 2.05) is 14.1 Å². The summed E-state index contributed by atoms with van der Waals surface area (Å²) in [6.07, 6.45) is 2.00. The van der Waals surface area contributed by atoms with E-state index in [-0.39, 0.29) is 5.91 Å². The lowest BCUT2D eigenvalue weighted by Crippen LogP contribution is -2.20. The summed E-state index contributed by atoms with van der Waals surface area (Å²) in [5.41, 5.74) is 7.10. The largest absolute Gasteiger partial charge is 0.366 e. The number of carbonyl (C=O) groups is 1. The van der Waals surface area contributed by atoms with Gasteiger partial charge in [-0.15, -0.1) is 0 Å². The van der Waals surface area contributed by atoms with E-state index in [4.69, 9.17) is 5.73 Å². The fourth-order valence-corrected chi connectivity index (χ4v) is 1.24. The molecule has 3 heteroatoms. The summed E-state index contributed by atoms with van der Waals surface area (Å²) in [5.74, 6) is -0.301. The molecule has 0 spiro atoms. The van der Waals surface area contributed by atoms with Crippen LogP contribution in [0.3, 0.4) is 0 Å². The van der Waals surface area contributed by atoms with Gasteiger partial charge in [0, 0.05) is 12.1 Å². The van der Waals surface area contributed by atoms with Gasteiger partial charge in [-0.2, -0.15) is 0 Å². The first-order chi connectivity index (χ1) is 5.99. The van der Waals surface area contributed by atoms with Crippen LogP contribution in [-0.4, -0.2) is 31.4 Å². The summed E-state index contributed by atoms with van der Waals surface area (Å²) < 4.78 is 0. The Bertz CT molecular complexity index is 207. The van der Waals surface area contributed by atoms with Crippen LogP contribution in [0.5, 0.6) is 0 Å². The van der Waals surface area contributed by atoms with Gasteiger partial charge in [0.15, 0.2) is 0 Å². The summed E-state index contributed by atoms with van der Waals surface area (Å²) in [5, 5.41) is 0. The van der Waals surface area contributed by atoms with Crippen LogP contribution in [0.1, 0.15) is 26.7 Å². The van der Waals surface area contributed by atoms with Crippen molar-refractivity contribution in [2.24, 2.45) is 5.73 Å². The van der Waals surface area contributed by atoms with Gasteiger partial charge in [0.05, 0.1) is 0 Å². The monoisotopic (exact) mass is 184 g/mol. The normalized spacial score (nSPS) is 13.0. The van der Waals surface area contributed by atoms with Crippen molar-refractivity contribution in [2.75, 3.05) is 20.6 Å². The minimum atomic E-state index is -0.301. The third kappa shape index (κ3) is 4.68. The average Bonchev–Trinajstić information content (AvgIpc) is 2.01. The molecule has 0 atom stereocenters. The van der Waals surface area contributed by atoms with E-state index in [2.05, 4.69) is 11.8 Å². The second-order valence-electron chi connectivity index (χ2n) is 3.58. The summed E-state index contributed by atoms with van der Waals surface area (Å²) in [6.45, 7) is 4.73. The molecule has 0 bridgehead atoms. The maximum Gasteiger partial charge on any atom is 0.244 e. The Hall–Kier alpha value is -0.830. The van der Waals surface area contributed by atoms with Gasteiger partial charge >= 0.3 is 0 Å². The maximum absolute atomic E-state index is 10.9. The molecular weight excluding hydrogens is 164 g/mol. The van der Waals surface area contributed by atoms with Gasteiger partial charge in [-0.25, -0.2) is 0 Å². The van der Waals surface area contributed by atoms with E-state index in [0.717, 1.165) is 30.5 Å². The Morgan fingerprint density at radius 2 is 1.92 bits per heavy atom. The van der Waals surface area contributed by atoms with Crippen LogP contribution in [0.4, 0.5) is 0 Å². The summed E-state index contributed by atoms with van der Waals surface area (Å²) in [6, 6.07) is 0. The molecule has 0 saturated carbocycles. The Labute approximate surface area is 80.6 Å². The van der Waals surface area contributed by atoms with Crippen LogP contribution in [0, 0.1) is 0 Å². The summed E-state index contributed by atoms with van der Waals surface area (Å²) >= 11 is 0. The van der Waals surface area contributed by atoms with Crippen LogP contribution < -0.4 is 5.73 Å². The van der Waals surface area contributed by atoms with Crippen molar-refractivity contribution < 1.29 is 4.79 Å². The van der Waals surface area contributed by atoms with E-state index in [1.165, 1.54) is 0 Å². The van der Waals surface area contributed by atoms with Crippen LogP contribution in [-0.2, 0) is 4.79 Å². The fourth-order valence-electron chi connectivity index (χ4n) is 1.24. The number of likely N-dealkylation sites (N-methyl/N-ethyl adjacent to an activating group) is 1. The maximum atomic E-state index is 10.9. The van der Waals surface area contributed by atoms with Crippen molar-refractivity contribution in [3.63, 3.8) is 0 Å². The van der Waals surface area contributed by atoms with Crippen molar-refractivity contribution in [1.82, 2.24) is 4.90 Å². The molecule has 3 nitrogen and oxygen atoms in total. The molecule has 0 aromatic rings. The van der Waals surface area contributed by atoms with Crippen LogP contribution in [0.25, 0.3) is 0 Å². The van der Waals surface area contributed by atoms with Crippen molar-refractivity contribution in [2.45, 2.75) is 26.7 Å². The molecule has 0 radical (unpaired) electrons. The van der Waals surface area contributed by atoms with Crippen LogP contribution in [0.15, 0.2) is 11.1 Å². The highest BCUT2D eigenvalue weighted by atomic mass is 16.1. The molecule has 76 valence electrons. The molecule has 0 heterocycles. The number of nitrogens with zero attached hydrogens (tertiary/aromatic N) is 1. The first-order valence-electron chi connectivity index (χ1n) is 4.62. The highest BCUT2D eigenvalue weighted by Crippen LogP contribution is 2.11. The zero-order valence-corrected chi connectivity index (χ0v) is 9.05. The molecule has 0 rings (SSSR count). The first kappa shape index (κ1) is 12.2. The van der Waals surface area contributed by atoms with Crippen molar-refractivity contribution in [3.8, 4) is 0 Å². The molecule has 0 fully saturated rings. The number of nitrogens with two attached hydrogens (primary N) is 1. The quantitative estimate of drug-likeness (QED) is 0.651. The lowest BCUT2D eigenvalue weighted by Gasteiger charge is -2.14. The molecular formula is C10H20N2O. The summed E-state index contributed by atoms with van der Waals surface area (Å²) in [7, 11) is 3.98. The van der Waals surface area contributed by atoms with E-state index in [0.29, 0.717) is 0 Å². The zero-order chi connectivity index (χ0) is 10.4. The third-order valence-electron chi connectivity index (χ3n) is 1.96. The van der Waals surface area contributed by atoms with Gasteiger partial charge in [0.2, 0.25) is 5.91 Å². The van der Waals surface area contributed by atoms with Crippen molar-refractivity contribution >= 4 is 5.91 Å². The fraction of sp³-hybridized carbons (Fsp3) is 0.700. The molecule has 13 heavy (non-hydrogen) atoms. The highest BCUT2D eigenvalue weighted by Gasteiger charge is 2.07. The standard InChI is InChI=1S/C10H20N2O/c1-5-6-9(7-12(3)4)8(2)10(11)13/h5-7H2,1-4H3,(H2,11,13)/b9-8-. The smallest absolute Gasteiger partial charge is 0.244 e. The molecule has 0 aromatic heterocycles. The molecule has 0 aliphatic rings. The van der Waals surface area contributed by atoms with Gasteiger partial charge in [0.1, 0.15) is 0 Å². The van der Waals surface area contributed by atoms with Crippen molar-refractivity contribution in [3.05, 3.63) is 11.1 Å². The Kier molecular flexibility index (Phi) is 5.39. The van der Waals surface area contributed by atoms with Gasteiger partial charge in [0.25, 0.3) is 0 Å². The minimum Gasteiger partial charge on any atom is -0.366 e. The predicted octanol–water partition coefficient (Wildman–Crippen LogP) is 1.15. The number of rotatable bonds is 5. The lowest BCUT2D eigenvalue weighted by atomic mass is 10.0. The third-order valence-corrected chi connectivity index (χ3v) is 1.96. The molecule has 2 N–H and O–H groups in total. The van der Waals surface area contributed by atoms with E-state index >= 15 is 0 Å². The zero-order valence-electron chi connectivity index (χ0n) is 9.05. The van der Waals surface area contributed by atoms with E-state index in [1.54, 1.807) is 6.92 Å². The second kappa shape index (κ2) is 5.75. The predicted molar refractivity (Wildman–Crippen MR) is 55.4 cm³/mol. The van der Waals surface area contributed by atoms with Crippen LogP contribution in [0.2, 0.25) is 0 Å². The number of hydrogen-bond donors (Lipinski definition) is 1. The molecule has 0 saturated heterocycles. The Balaban J connectivity index is 4.56. The summed E-state index contributed by atoms with van der Waals surface area (Å²) in [4.78, 5) is 13.0. The lowest BCUT2D eigenvalue weighted by molar-refractivity contribution is -0.114. The van der Waals surface area contributed by atoms with Crippen molar-refractivity contribution in [1.29, 1.82) is 0 Å². The van der Waals surface area contributed by atoms with Gasteiger partial charge < -0.3 is 10.6 Å². The molecule has 0 aromatic carbocycles. The minimum absolute atomic E-state index is 0.301. The Morgan fingerprint density at radius 3 is 2.23 bits per heavy atom. The highest BCUT2D eigenvalue weighted by molar-refractivity contribution is 5.92. The number of hydrogen-bond acceptors (Lipinski definition) is 2. The van der Waals surface area contributed by atoms with Gasteiger partial charge in [-0.05, 0) is 33.0 Å². The van der Waals surface area contributed by atoms with Gasteiger partial charge in [-0.1, -0.05) is 13.3 Å². The number of carbonyl (C=O) groups excluding carboxylic acids is 1. The molecule has 1 amide bonds. The SMILES string of the molecule is CCC/C(CN(C)C)=C(\C)C(N)=O. The second-order valence-corrected chi connectivity index (χ2v) is 3.58. The molecule has 0 aliphatic carbocycles. The Morgan fingerprint density at radius 1 is 1.38 bits per heavy atom.